The lowest BCUT2D eigenvalue weighted by Crippen LogP contribution is -2.37. The van der Waals surface area contributed by atoms with E-state index in [9.17, 15) is 5.11 Å². The quantitative estimate of drug-likeness (QED) is 0.765. The van der Waals surface area contributed by atoms with Gasteiger partial charge in [-0.15, -0.1) is 0 Å². The number of nitrogens with one attached hydrogen (secondary N) is 2. The molecule has 0 saturated carbocycles. The molecule has 4 nitrogen and oxygen atoms in total. The van der Waals surface area contributed by atoms with E-state index in [0.29, 0.717) is 19.5 Å². The zero-order valence-corrected chi connectivity index (χ0v) is 12.4. The molecule has 5 heteroatoms. The van der Waals surface area contributed by atoms with Crippen molar-refractivity contribution in [3.05, 3.63) is 52.3 Å². The summed E-state index contributed by atoms with van der Waals surface area (Å²) in [6, 6.07) is 9.71. The van der Waals surface area contributed by atoms with E-state index in [2.05, 4.69) is 31.4 Å². The molecule has 1 atom stereocenters. The first-order chi connectivity index (χ1) is 9.14. The van der Waals surface area contributed by atoms with Crippen LogP contribution in [0, 0.1) is 0 Å². The maximum Gasteiger partial charge on any atom is 0.102 e. The zero-order valence-electron chi connectivity index (χ0n) is 10.9. The summed E-state index contributed by atoms with van der Waals surface area (Å²) in [6.45, 7) is 3.16. The molecule has 1 heterocycles. The number of H-pyrrole nitrogens is 1. The summed E-state index contributed by atoms with van der Waals surface area (Å²) in [5.41, 5.74) is 1.09. The third kappa shape index (κ3) is 3.65. The smallest absolute Gasteiger partial charge is 0.102 e. The monoisotopic (exact) mass is 323 g/mol. The first-order valence-corrected chi connectivity index (χ1v) is 7.11. The second-order valence-corrected chi connectivity index (χ2v) is 5.49. The Hall–Kier alpha value is -1.17. The van der Waals surface area contributed by atoms with Gasteiger partial charge in [0.2, 0.25) is 0 Å². The molecule has 2 aromatic rings. The van der Waals surface area contributed by atoms with Crippen molar-refractivity contribution in [1.82, 2.24) is 15.5 Å². The van der Waals surface area contributed by atoms with E-state index < -0.39 is 5.60 Å². The molecule has 0 aliphatic rings. The Labute approximate surface area is 121 Å². The van der Waals surface area contributed by atoms with E-state index >= 15 is 0 Å². The minimum absolute atomic E-state index is 0.504. The van der Waals surface area contributed by atoms with E-state index in [-0.39, 0.29) is 0 Å². The first-order valence-electron chi connectivity index (χ1n) is 6.31. The van der Waals surface area contributed by atoms with E-state index in [1.54, 1.807) is 6.20 Å². The molecule has 102 valence electrons. The van der Waals surface area contributed by atoms with Crippen molar-refractivity contribution in [1.29, 1.82) is 0 Å². The van der Waals surface area contributed by atoms with Crippen LogP contribution in [-0.4, -0.2) is 21.8 Å². The number of rotatable bonds is 6. The first kappa shape index (κ1) is 14.2. The standard InChI is InChI=1S/C14H18BrN3O/c1-2-14(19,11-3-5-12(15)6-4-11)10-16-9-13-7-8-17-18-13/h3-8,16,19H,2,9-10H2,1H3,(H,17,18). The molecule has 3 N–H and O–H groups in total. The highest BCUT2D eigenvalue weighted by Crippen LogP contribution is 2.25. The van der Waals surface area contributed by atoms with Gasteiger partial charge in [0.15, 0.2) is 0 Å². The molecular formula is C14H18BrN3O. The Balaban J connectivity index is 1.99. The number of aromatic nitrogens is 2. The molecule has 2 rings (SSSR count). The van der Waals surface area contributed by atoms with E-state index in [1.165, 1.54) is 0 Å². The maximum atomic E-state index is 10.7. The largest absolute Gasteiger partial charge is 0.384 e. The van der Waals surface area contributed by atoms with Gasteiger partial charge in [-0.05, 0) is 30.2 Å². The predicted octanol–water partition coefficient (Wildman–Crippen LogP) is 2.56. The van der Waals surface area contributed by atoms with Crippen molar-refractivity contribution < 1.29 is 5.11 Å². The van der Waals surface area contributed by atoms with Crippen LogP contribution in [0.3, 0.4) is 0 Å². The molecule has 1 aromatic heterocycles. The van der Waals surface area contributed by atoms with Crippen LogP contribution in [0.25, 0.3) is 0 Å². The molecule has 1 unspecified atom stereocenters. The van der Waals surface area contributed by atoms with E-state index in [4.69, 9.17) is 0 Å². The van der Waals surface area contributed by atoms with Crippen molar-refractivity contribution in [2.45, 2.75) is 25.5 Å². The molecule has 19 heavy (non-hydrogen) atoms. The van der Waals surface area contributed by atoms with E-state index in [0.717, 1.165) is 15.7 Å². The number of nitrogens with zero attached hydrogens (tertiary/aromatic N) is 1. The summed E-state index contributed by atoms with van der Waals surface area (Å²) in [4.78, 5) is 0. The fourth-order valence-corrected chi connectivity index (χ4v) is 2.24. The Morgan fingerprint density at radius 1 is 1.32 bits per heavy atom. The normalized spacial score (nSPS) is 14.3. The lowest BCUT2D eigenvalue weighted by Gasteiger charge is -2.27. The summed E-state index contributed by atoms with van der Waals surface area (Å²) in [5, 5.41) is 20.7. The van der Waals surface area contributed by atoms with Crippen molar-refractivity contribution in [2.75, 3.05) is 6.54 Å². The fourth-order valence-electron chi connectivity index (χ4n) is 1.98. The topological polar surface area (TPSA) is 60.9 Å². The van der Waals surface area contributed by atoms with Gasteiger partial charge in [-0.2, -0.15) is 5.10 Å². The minimum atomic E-state index is -0.847. The number of benzene rings is 1. The van der Waals surface area contributed by atoms with Gasteiger partial charge in [-0.3, -0.25) is 5.10 Å². The van der Waals surface area contributed by atoms with Crippen LogP contribution in [0.4, 0.5) is 0 Å². The second-order valence-electron chi connectivity index (χ2n) is 4.58. The van der Waals surface area contributed by atoms with Gasteiger partial charge in [0.05, 0.1) is 0 Å². The lowest BCUT2D eigenvalue weighted by molar-refractivity contribution is 0.0323. The molecular weight excluding hydrogens is 306 g/mol. The van der Waals surface area contributed by atoms with Crippen molar-refractivity contribution in [3.8, 4) is 0 Å². The number of aliphatic hydroxyl groups is 1. The predicted molar refractivity (Wildman–Crippen MR) is 78.6 cm³/mol. The van der Waals surface area contributed by atoms with Crippen molar-refractivity contribution in [3.63, 3.8) is 0 Å². The summed E-state index contributed by atoms with van der Waals surface area (Å²) in [6.07, 6.45) is 2.38. The fraction of sp³-hybridized carbons (Fsp3) is 0.357. The maximum absolute atomic E-state index is 10.7. The second kappa shape index (κ2) is 6.32. The van der Waals surface area contributed by atoms with Gasteiger partial charge < -0.3 is 10.4 Å². The lowest BCUT2D eigenvalue weighted by atomic mass is 9.91. The average Bonchev–Trinajstić information content (AvgIpc) is 2.92. The molecule has 0 aliphatic heterocycles. The Kier molecular flexibility index (Phi) is 4.74. The Morgan fingerprint density at radius 2 is 2.05 bits per heavy atom. The van der Waals surface area contributed by atoms with Crippen LogP contribution in [0.1, 0.15) is 24.6 Å². The number of halogens is 1. The Morgan fingerprint density at radius 3 is 2.63 bits per heavy atom. The molecule has 0 saturated heterocycles. The van der Waals surface area contributed by atoms with Crippen LogP contribution in [0.5, 0.6) is 0 Å². The van der Waals surface area contributed by atoms with Crippen molar-refractivity contribution >= 4 is 15.9 Å². The molecule has 0 bridgehead atoms. The van der Waals surface area contributed by atoms with Gasteiger partial charge in [0.25, 0.3) is 0 Å². The molecule has 0 spiro atoms. The number of hydrogen-bond donors (Lipinski definition) is 3. The molecule has 1 aromatic carbocycles. The Bertz CT molecular complexity index is 498. The number of hydrogen-bond acceptors (Lipinski definition) is 3. The van der Waals surface area contributed by atoms with Gasteiger partial charge in [-0.25, -0.2) is 0 Å². The highest BCUT2D eigenvalue weighted by Gasteiger charge is 2.26. The molecule has 0 amide bonds. The summed E-state index contributed by atoms with van der Waals surface area (Å²) >= 11 is 3.40. The SMILES string of the molecule is CCC(O)(CNCc1ccn[nH]1)c1ccc(Br)cc1. The average molecular weight is 324 g/mol. The van der Waals surface area contributed by atoms with Crippen LogP contribution in [-0.2, 0) is 12.1 Å². The third-order valence-electron chi connectivity index (χ3n) is 3.26. The highest BCUT2D eigenvalue weighted by atomic mass is 79.9. The summed E-state index contributed by atoms with van der Waals surface area (Å²) < 4.78 is 1.01. The van der Waals surface area contributed by atoms with Gasteiger partial charge in [0, 0.05) is 29.5 Å². The summed E-state index contributed by atoms with van der Waals surface area (Å²) in [7, 11) is 0. The van der Waals surface area contributed by atoms with Crippen molar-refractivity contribution in [2.24, 2.45) is 0 Å². The highest BCUT2D eigenvalue weighted by molar-refractivity contribution is 9.10. The van der Waals surface area contributed by atoms with Gasteiger partial charge >= 0.3 is 0 Å². The van der Waals surface area contributed by atoms with Crippen LogP contribution >= 0.6 is 15.9 Å². The summed E-state index contributed by atoms with van der Waals surface area (Å²) in [5.74, 6) is 0. The van der Waals surface area contributed by atoms with Crippen LogP contribution < -0.4 is 5.32 Å². The molecule has 0 aliphatic carbocycles. The van der Waals surface area contributed by atoms with Gasteiger partial charge in [0.1, 0.15) is 5.60 Å². The number of aromatic amines is 1. The van der Waals surface area contributed by atoms with Crippen LogP contribution in [0.2, 0.25) is 0 Å². The molecule has 0 fully saturated rings. The minimum Gasteiger partial charge on any atom is -0.384 e. The third-order valence-corrected chi connectivity index (χ3v) is 3.79. The van der Waals surface area contributed by atoms with Gasteiger partial charge in [-0.1, -0.05) is 35.0 Å². The van der Waals surface area contributed by atoms with E-state index in [1.807, 2.05) is 37.3 Å². The zero-order chi connectivity index (χ0) is 13.7. The van der Waals surface area contributed by atoms with Crippen LogP contribution in [0.15, 0.2) is 41.0 Å². The molecule has 0 radical (unpaired) electrons.